The summed E-state index contributed by atoms with van der Waals surface area (Å²) >= 11 is 4.88. The zero-order valence-electron chi connectivity index (χ0n) is 7.91. The molecule has 0 radical (unpaired) electrons. The largest absolute Gasteiger partial charge is 0.466 e. The standard InChI is InChI=1S/C8H12N2O3S/c1-2-13-7(12)5-6(11)10-4-3-9-8(10)14/h2-5H2,1H3,(H,9,14). The number of ether oxygens (including phenoxy) is 1. The van der Waals surface area contributed by atoms with Crippen molar-refractivity contribution in [1.82, 2.24) is 10.2 Å². The molecule has 5 nitrogen and oxygen atoms in total. The highest BCUT2D eigenvalue weighted by Crippen LogP contribution is 2.01. The monoisotopic (exact) mass is 216 g/mol. The van der Waals surface area contributed by atoms with Gasteiger partial charge in [0.1, 0.15) is 6.42 Å². The molecule has 1 fully saturated rings. The first-order valence-electron chi connectivity index (χ1n) is 4.39. The Kier molecular flexibility index (Phi) is 3.82. The summed E-state index contributed by atoms with van der Waals surface area (Å²) in [5, 5.41) is 3.23. The minimum Gasteiger partial charge on any atom is -0.466 e. The van der Waals surface area contributed by atoms with Crippen molar-refractivity contribution in [3.63, 3.8) is 0 Å². The fraction of sp³-hybridized carbons (Fsp3) is 0.625. The number of esters is 1. The maximum absolute atomic E-state index is 11.4. The van der Waals surface area contributed by atoms with E-state index in [0.717, 1.165) is 0 Å². The van der Waals surface area contributed by atoms with Crippen LogP contribution in [-0.4, -0.2) is 41.6 Å². The Balaban J connectivity index is 2.41. The Morgan fingerprint density at radius 3 is 2.86 bits per heavy atom. The molecule has 0 aromatic rings. The molecule has 78 valence electrons. The summed E-state index contributed by atoms with van der Waals surface area (Å²) in [5.41, 5.74) is 0. The molecule has 0 saturated carbocycles. The number of carbonyl (C=O) groups is 2. The van der Waals surface area contributed by atoms with Gasteiger partial charge in [0.2, 0.25) is 5.91 Å². The number of hydrogen-bond acceptors (Lipinski definition) is 4. The Morgan fingerprint density at radius 2 is 2.36 bits per heavy atom. The lowest BCUT2D eigenvalue weighted by Crippen LogP contribution is -2.35. The molecule has 0 unspecified atom stereocenters. The van der Waals surface area contributed by atoms with Crippen molar-refractivity contribution in [2.24, 2.45) is 0 Å². The fourth-order valence-corrected chi connectivity index (χ4v) is 1.44. The second kappa shape index (κ2) is 4.90. The molecule has 6 heteroatoms. The Labute approximate surface area is 87.4 Å². The van der Waals surface area contributed by atoms with Gasteiger partial charge >= 0.3 is 5.97 Å². The second-order valence-electron chi connectivity index (χ2n) is 2.76. The molecule has 1 amide bonds. The van der Waals surface area contributed by atoms with Gasteiger partial charge < -0.3 is 10.1 Å². The highest BCUT2D eigenvalue weighted by molar-refractivity contribution is 7.80. The number of rotatable bonds is 3. The zero-order chi connectivity index (χ0) is 10.6. The van der Waals surface area contributed by atoms with Gasteiger partial charge in [-0.15, -0.1) is 0 Å². The number of nitrogens with zero attached hydrogens (tertiary/aromatic N) is 1. The van der Waals surface area contributed by atoms with E-state index >= 15 is 0 Å². The summed E-state index contributed by atoms with van der Waals surface area (Å²) in [6.07, 6.45) is -0.240. The number of carbonyl (C=O) groups excluding carboxylic acids is 2. The van der Waals surface area contributed by atoms with E-state index in [-0.39, 0.29) is 18.9 Å². The van der Waals surface area contributed by atoms with Gasteiger partial charge in [-0.1, -0.05) is 0 Å². The van der Waals surface area contributed by atoms with Gasteiger partial charge in [0.15, 0.2) is 5.11 Å². The van der Waals surface area contributed by atoms with E-state index in [2.05, 4.69) is 10.1 Å². The van der Waals surface area contributed by atoms with Gasteiger partial charge in [0, 0.05) is 13.1 Å². The summed E-state index contributed by atoms with van der Waals surface area (Å²) in [4.78, 5) is 23.8. The summed E-state index contributed by atoms with van der Waals surface area (Å²) in [6, 6.07) is 0. The molecule has 1 rings (SSSR count). The minimum atomic E-state index is -0.507. The van der Waals surface area contributed by atoms with E-state index in [1.165, 1.54) is 4.90 Å². The number of amides is 1. The van der Waals surface area contributed by atoms with Crippen LogP contribution in [-0.2, 0) is 14.3 Å². The third-order valence-electron chi connectivity index (χ3n) is 1.76. The van der Waals surface area contributed by atoms with E-state index in [9.17, 15) is 9.59 Å². The van der Waals surface area contributed by atoms with Crippen molar-refractivity contribution in [2.45, 2.75) is 13.3 Å². The molecule has 0 bridgehead atoms. The van der Waals surface area contributed by atoms with Crippen LogP contribution < -0.4 is 5.32 Å². The molecule has 1 saturated heterocycles. The van der Waals surface area contributed by atoms with E-state index < -0.39 is 5.97 Å². The lowest BCUT2D eigenvalue weighted by molar-refractivity contribution is -0.147. The Bertz CT molecular complexity index is 267. The van der Waals surface area contributed by atoms with Crippen LogP contribution in [0.3, 0.4) is 0 Å². The van der Waals surface area contributed by atoms with Crippen LogP contribution in [0.4, 0.5) is 0 Å². The van der Waals surface area contributed by atoms with Crippen LogP contribution >= 0.6 is 12.2 Å². The summed E-state index contributed by atoms with van der Waals surface area (Å²) in [7, 11) is 0. The van der Waals surface area contributed by atoms with Gasteiger partial charge in [-0.25, -0.2) is 0 Å². The highest BCUT2D eigenvalue weighted by atomic mass is 32.1. The quantitative estimate of drug-likeness (QED) is 0.397. The lowest BCUT2D eigenvalue weighted by atomic mass is 10.4. The van der Waals surface area contributed by atoms with E-state index in [4.69, 9.17) is 12.2 Å². The number of nitrogens with one attached hydrogen (secondary N) is 1. The molecule has 0 atom stereocenters. The number of thiocarbonyl (C=S) groups is 1. The van der Waals surface area contributed by atoms with Crippen molar-refractivity contribution < 1.29 is 14.3 Å². The van der Waals surface area contributed by atoms with Crippen LogP contribution in [0.1, 0.15) is 13.3 Å². The van der Waals surface area contributed by atoms with Gasteiger partial charge in [0.25, 0.3) is 0 Å². The maximum Gasteiger partial charge on any atom is 0.315 e. The Hall–Kier alpha value is -1.17. The highest BCUT2D eigenvalue weighted by Gasteiger charge is 2.24. The van der Waals surface area contributed by atoms with Gasteiger partial charge in [-0.2, -0.15) is 0 Å². The van der Waals surface area contributed by atoms with Crippen molar-refractivity contribution in [3.05, 3.63) is 0 Å². The predicted molar refractivity (Wildman–Crippen MR) is 53.6 cm³/mol. The molecule has 14 heavy (non-hydrogen) atoms. The normalized spacial score (nSPS) is 15.2. The summed E-state index contributed by atoms with van der Waals surface area (Å²) < 4.78 is 4.66. The van der Waals surface area contributed by atoms with Crippen molar-refractivity contribution in [3.8, 4) is 0 Å². The molecule has 1 heterocycles. The van der Waals surface area contributed by atoms with Crippen molar-refractivity contribution in [1.29, 1.82) is 0 Å². The van der Waals surface area contributed by atoms with Gasteiger partial charge in [0.05, 0.1) is 6.61 Å². The molecule has 0 aromatic carbocycles. The third kappa shape index (κ3) is 2.66. The van der Waals surface area contributed by atoms with Crippen LogP contribution in [0.2, 0.25) is 0 Å². The van der Waals surface area contributed by atoms with E-state index in [0.29, 0.717) is 18.2 Å². The summed E-state index contributed by atoms with van der Waals surface area (Å²) in [6.45, 7) is 3.16. The predicted octanol–water partition coefficient (Wildman–Crippen LogP) is -0.344. The van der Waals surface area contributed by atoms with Gasteiger partial charge in [-0.3, -0.25) is 14.5 Å². The molecular formula is C8H12N2O3S. The SMILES string of the molecule is CCOC(=O)CC(=O)N1CCNC1=S. The summed E-state index contributed by atoms with van der Waals surface area (Å²) in [5.74, 6) is -0.814. The van der Waals surface area contributed by atoms with Crippen LogP contribution in [0.15, 0.2) is 0 Å². The van der Waals surface area contributed by atoms with Crippen LogP contribution in [0.25, 0.3) is 0 Å². The molecule has 0 aromatic heterocycles. The first kappa shape index (κ1) is 10.9. The minimum absolute atomic E-state index is 0.240. The second-order valence-corrected chi connectivity index (χ2v) is 3.15. The topological polar surface area (TPSA) is 58.6 Å². The molecule has 0 aliphatic carbocycles. The first-order valence-corrected chi connectivity index (χ1v) is 4.79. The van der Waals surface area contributed by atoms with Crippen LogP contribution in [0, 0.1) is 0 Å². The maximum atomic E-state index is 11.4. The molecular weight excluding hydrogens is 204 g/mol. The third-order valence-corrected chi connectivity index (χ3v) is 2.12. The van der Waals surface area contributed by atoms with Crippen molar-refractivity contribution in [2.75, 3.05) is 19.7 Å². The first-order chi connectivity index (χ1) is 6.65. The smallest absolute Gasteiger partial charge is 0.315 e. The number of hydrogen-bond donors (Lipinski definition) is 1. The molecule has 1 aliphatic heterocycles. The lowest BCUT2D eigenvalue weighted by Gasteiger charge is -2.13. The van der Waals surface area contributed by atoms with Gasteiger partial charge in [-0.05, 0) is 19.1 Å². The van der Waals surface area contributed by atoms with E-state index in [1.54, 1.807) is 6.92 Å². The van der Waals surface area contributed by atoms with E-state index in [1.807, 2.05) is 0 Å². The van der Waals surface area contributed by atoms with Crippen molar-refractivity contribution >= 4 is 29.2 Å². The molecule has 0 spiro atoms. The molecule has 1 aliphatic rings. The average Bonchev–Trinajstić information content (AvgIpc) is 2.51. The average molecular weight is 216 g/mol. The molecule has 1 N–H and O–H groups in total. The van der Waals surface area contributed by atoms with Crippen LogP contribution in [0.5, 0.6) is 0 Å². The zero-order valence-corrected chi connectivity index (χ0v) is 8.73. The fourth-order valence-electron chi connectivity index (χ4n) is 1.14. The Morgan fingerprint density at radius 1 is 1.64 bits per heavy atom.